The van der Waals surface area contributed by atoms with Gasteiger partial charge in [-0.15, -0.1) is 0 Å². The molecule has 22 heavy (non-hydrogen) atoms. The predicted octanol–water partition coefficient (Wildman–Crippen LogP) is 4.00. The zero-order valence-corrected chi connectivity index (χ0v) is 13.2. The normalized spacial score (nSPS) is 10.6. The highest BCUT2D eigenvalue weighted by Gasteiger charge is 2.15. The van der Waals surface area contributed by atoms with Gasteiger partial charge >= 0.3 is 0 Å². The fourth-order valence-electron chi connectivity index (χ4n) is 1.93. The Labute approximate surface area is 135 Å². The number of fused-ring (bicyclic) bond motifs is 1. The molecule has 7 heteroatoms. The van der Waals surface area contributed by atoms with Crippen molar-refractivity contribution in [3.05, 3.63) is 47.1 Å². The van der Waals surface area contributed by atoms with Crippen molar-refractivity contribution < 1.29 is 9.53 Å². The summed E-state index contributed by atoms with van der Waals surface area (Å²) in [7, 11) is 0. The Hall–Kier alpha value is -2.18. The SMILES string of the molecule is CCOc1ncccc1C(=O)Nc1nc2ccc(Cl)cc2s1. The highest BCUT2D eigenvalue weighted by molar-refractivity contribution is 7.22. The number of nitrogens with one attached hydrogen (secondary N) is 1. The zero-order chi connectivity index (χ0) is 15.5. The number of anilines is 1. The lowest BCUT2D eigenvalue weighted by atomic mass is 10.2. The largest absolute Gasteiger partial charge is 0.477 e. The van der Waals surface area contributed by atoms with Gasteiger partial charge in [-0.1, -0.05) is 22.9 Å². The van der Waals surface area contributed by atoms with Crippen molar-refractivity contribution in [2.24, 2.45) is 0 Å². The first-order valence-electron chi connectivity index (χ1n) is 6.62. The van der Waals surface area contributed by atoms with E-state index in [1.54, 1.807) is 24.4 Å². The second-order valence-electron chi connectivity index (χ2n) is 4.37. The van der Waals surface area contributed by atoms with Crippen LogP contribution in [0.15, 0.2) is 36.5 Å². The zero-order valence-electron chi connectivity index (χ0n) is 11.7. The lowest BCUT2D eigenvalue weighted by Crippen LogP contribution is -2.14. The molecule has 0 aliphatic rings. The van der Waals surface area contributed by atoms with Gasteiger partial charge in [-0.05, 0) is 37.3 Å². The summed E-state index contributed by atoms with van der Waals surface area (Å²) in [5, 5.41) is 3.92. The first kappa shape index (κ1) is 14.7. The predicted molar refractivity (Wildman–Crippen MR) is 88.0 cm³/mol. The number of carbonyl (C=O) groups excluding carboxylic acids is 1. The number of benzene rings is 1. The molecular weight excluding hydrogens is 322 g/mol. The third-order valence-corrected chi connectivity index (χ3v) is 4.04. The minimum atomic E-state index is -0.304. The summed E-state index contributed by atoms with van der Waals surface area (Å²) in [6, 6.07) is 8.76. The maximum absolute atomic E-state index is 12.4. The van der Waals surface area contributed by atoms with Crippen molar-refractivity contribution in [2.45, 2.75) is 6.92 Å². The minimum absolute atomic E-state index is 0.304. The Balaban J connectivity index is 1.86. The van der Waals surface area contributed by atoms with Crippen LogP contribution in [-0.4, -0.2) is 22.5 Å². The summed E-state index contributed by atoms with van der Waals surface area (Å²) in [5.74, 6) is 0.00774. The summed E-state index contributed by atoms with van der Waals surface area (Å²) < 4.78 is 6.28. The van der Waals surface area contributed by atoms with Crippen molar-refractivity contribution in [2.75, 3.05) is 11.9 Å². The average molecular weight is 334 g/mol. The second kappa shape index (κ2) is 6.29. The number of amides is 1. The molecule has 2 aromatic heterocycles. The van der Waals surface area contributed by atoms with E-state index >= 15 is 0 Å². The second-order valence-corrected chi connectivity index (χ2v) is 5.84. The van der Waals surface area contributed by atoms with Gasteiger partial charge in [-0.3, -0.25) is 10.1 Å². The fraction of sp³-hybridized carbons (Fsp3) is 0.133. The summed E-state index contributed by atoms with van der Waals surface area (Å²) in [5.41, 5.74) is 1.17. The average Bonchev–Trinajstić information content (AvgIpc) is 2.89. The molecule has 0 radical (unpaired) electrons. The molecule has 0 atom stereocenters. The molecule has 5 nitrogen and oxygen atoms in total. The smallest absolute Gasteiger partial charge is 0.262 e. The van der Waals surface area contributed by atoms with Gasteiger partial charge in [0.15, 0.2) is 5.13 Å². The minimum Gasteiger partial charge on any atom is -0.477 e. The molecule has 2 heterocycles. The maximum Gasteiger partial charge on any atom is 0.262 e. The third kappa shape index (κ3) is 3.03. The monoisotopic (exact) mass is 333 g/mol. The number of ether oxygens (including phenoxy) is 1. The lowest BCUT2D eigenvalue weighted by molar-refractivity contribution is 0.102. The van der Waals surface area contributed by atoms with Crippen LogP contribution in [-0.2, 0) is 0 Å². The first-order valence-corrected chi connectivity index (χ1v) is 7.82. The molecule has 0 fully saturated rings. The number of pyridine rings is 1. The summed E-state index contributed by atoms with van der Waals surface area (Å²) in [4.78, 5) is 20.8. The molecule has 0 bridgehead atoms. The van der Waals surface area contributed by atoms with E-state index in [1.807, 2.05) is 19.1 Å². The first-order chi connectivity index (χ1) is 10.7. The molecule has 0 unspecified atom stereocenters. The fourth-order valence-corrected chi connectivity index (χ4v) is 3.07. The van der Waals surface area contributed by atoms with Crippen LogP contribution < -0.4 is 10.1 Å². The van der Waals surface area contributed by atoms with Crippen LogP contribution in [0.1, 0.15) is 17.3 Å². The highest BCUT2D eigenvalue weighted by Crippen LogP contribution is 2.29. The van der Waals surface area contributed by atoms with Gasteiger partial charge in [-0.25, -0.2) is 9.97 Å². The quantitative estimate of drug-likeness (QED) is 0.784. The molecule has 1 amide bonds. The summed E-state index contributed by atoms with van der Waals surface area (Å²) in [6.45, 7) is 2.28. The van der Waals surface area contributed by atoms with Gasteiger partial charge in [0, 0.05) is 11.2 Å². The van der Waals surface area contributed by atoms with E-state index in [9.17, 15) is 4.79 Å². The van der Waals surface area contributed by atoms with Gasteiger partial charge in [0.05, 0.1) is 16.8 Å². The van der Waals surface area contributed by atoms with E-state index in [0.717, 1.165) is 10.2 Å². The number of thiazole rings is 1. The number of hydrogen-bond acceptors (Lipinski definition) is 5. The number of rotatable bonds is 4. The van der Waals surface area contributed by atoms with Crippen LogP contribution in [0.3, 0.4) is 0 Å². The molecule has 1 aromatic carbocycles. The summed E-state index contributed by atoms with van der Waals surface area (Å²) >= 11 is 7.32. The molecule has 3 aromatic rings. The number of halogens is 1. The van der Waals surface area contributed by atoms with Crippen LogP contribution in [0.2, 0.25) is 5.02 Å². The van der Waals surface area contributed by atoms with Crippen molar-refractivity contribution >= 4 is 44.2 Å². The van der Waals surface area contributed by atoms with Crippen LogP contribution in [0.4, 0.5) is 5.13 Å². The lowest BCUT2D eigenvalue weighted by Gasteiger charge is -2.07. The van der Waals surface area contributed by atoms with E-state index in [-0.39, 0.29) is 5.91 Å². The Kier molecular flexibility index (Phi) is 4.22. The number of hydrogen-bond donors (Lipinski definition) is 1. The van der Waals surface area contributed by atoms with E-state index in [2.05, 4.69) is 15.3 Å². The van der Waals surface area contributed by atoms with Gasteiger partial charge < -0.3 is 4.74 Å². The van der Waals surface area contributed by atoms with E-state index in [0.29, 0.717) is 28.2 Å². The van der Waals surface area contributed by atoms with E-state index in [4.69, 9.17) is 16.3 Å². The molecule has 3 rings (SSSR count). The maximum atomic E-state index is 12.4. The van der Waals surface area contributed by atoms with Gasteiger partial charge in [0.25, 0.3) is 5.91 Å². The Morgan fingerprint density at radius 2 is 2.27 bits per heavy atom. The van der Waals surface area contributed by atoms with Crippen LogP contribution in [0, 0.1) is 0 Å². The molecule has 0 aliphatic carbocycles. The van der Waals surface area contributed by atoms with Crippen LogP contribution >= 0.6 is 22.9 Å². The molecule has 0 spiro atoms. The Morgan fingerprint density at radius 3 is 3.09 bits per heavy atom. The van der Waals surface area contributed by atoms with Gasteiger partial charge in [0.2, 0.25) is 5.88 Å². The van der Waals surface area contributed by atoms with Crippen molar-refractivity contribution in [3.63, 3.8) is 0 Å². The van der Waals surface area contributed by atoms with Crippen molar-refractivity contribution in [1.29, 1.82) is 0 Å². The molecule has 0 saturated carbocycles. The van der Waals surface area contributed by atoms with Crippen molar-refractivity contribution in [1.82, 2.24) is 9.97 Å². The highest BCUT2D eigenvalue weighted by atomic mass is 35.5. The molecule has 112 valence electrons. The van der Waals surface area contributed by atoms with Crippen molar-refractivity contribution in [3.8, 4) is 5.88 Å². The summed E-state index contributed by atoms with van der Waals surface area (Å²) in [6.07, 6.45) is 1.58. The molecular formula is C15H12ClN3O2S. The topological polar surface area (TPSA) is 64.1 Å². The molecule has 1 N–H and O–H groups in total. The standard InChI is InChI=1S/C15H12ClN3O2S/c1-2-21-14-10(4-3-7-17-14)13(20)19-15-18-11-6-5-9(16)8-12(11)22-15/h3-8H,2H2,1H3,(H,18,19,20). The van der Waals surface area contributed by atoms with Gasteiger partial charge in [0.1, 0.15) is 5.56 Å². The Morgan fingerprint density at radius 1 is 1.41 bits per heavy atom. The Bertz CT molecular complexity index is 835. The molecule has 0 aliphatic heterocycles. The number of nitrogens with zero attached hydrogens (tertiary/aromatic N) is 2. The molecule has 0 saturated heterocycles. The van der Waals surface area contributed by atoms with Crippen LogP contribution in [0.25, 0.3) is 10.2 Å². The number of aromatic nitrogens is 2. The van der Waals surface area contributed by atoms with Crippen LogP contribution in [0.5, 0.6) is 5.88 Å². The van der Waals surface area contributed by atoms with E-state index < -0.39 is 0 Å². The van der Waals surface area contributed by atoms with E-state index in [1.165, 1.54) is 11.3 Å². The number of carbonyl (C=O) groups is 1. The third-order valence-electron chi connectivity index (χ3n) is 2.87. The van der Waals surface area contributed by atoms with Gasteiger partial charge in [-0.2, -0.15) is 0 Å².